The van der Waals surface area contributed by atoms with Gasteiger partial charge in [-0.2, -0.15) is 0 Å². The van der Waals surface area contributed by atoms with Gasteiger partial charge in [-0.1, -0.05) is 56.0 Å². The van der Waals surface area contributed by atoms with Gasteiger partial charge in [0.15, 0.2) is 6.10 Å². The van der Waals surface area contributed by atoms with E-state index >= 15 is 0 Å². The Morgan fingerprint density at radius 2 is 1.93 bits per heavy atom. The van der Waals surface area contributed by atoms with E-state index in [-0.39, 0.29) is 47.2 Å². The van der Waals surface area contributed by atoms with Crippen molar-refractivity contribution in [3.63, 3.8) is 0 Å². The van der Waals surface area contributed by atoms with E-state index in [1.807, 2.05) is 13.8 Å². The van der Waals surface area contributed by atoms with Gasteiger partial charge in [-0.05, 0) is 44.3 Å². The van der Waals surface area contributed by atoms with Crippen LogP contribution in [-0.4, -0.2) is 73.8 Å². The normalized spacial score (nSPS) is 32.1. The Balaban J connectivity index is 2.64. The summed E-state index contributed by atoms with van der Waals surface area (Å²) in [6.45, 7) is 10.7. The molecule has 0 aromatic rings. The lowest BCUT2D eigenvalue weighted by Crippen LogP contribution is -2.37. The summed E-state index contributed by atoms with van der Waals surface area (Å²) in [6, 6.07) is 0. The summed E-state index contributed by atoms with van der Waals surface area (Å²) >= 11 is 0. The van der Waals surface area contributed by atoms with E-state index in [0.29, 0.717) is 12.0 Å². The Bertz CT molecular complexity index is 1250. The largest absolute Gasteiger partial charge is 0.439 e. The third kappa shape index (κ3) is 9.77. The minimum Gasteiger partial charge on any atom is -0.439 e. The van der Waals surface area contributed by atoms with Crippen LogP contribution >= 0.6 is 0 Å². The molecule has 236 valence electrons. The molecule has 0 fully saturated rings. The zero-order valence-electron chi connectivity index (χ0n) is 25.7. The molecular formula is C31H44N4O8. The standard InChI is InChI=1S/C31H44N4O8/c1-8-12-42-35-22-16-23-28(37)21(26(22)32)13-17(2)14-25(41-7)27(36)19(4)15-20(5)29(43-31(33)39)24(40-6)11-9-10-18(3)30(38)34-23/h8-11,15-17,19,24-25,27,29,36H,1,12-14,32H2,2-7H3,(H2,33,39)(H,34,38)/b11-9-,18-10+,20-15+,35-22+/t17-,19+,24+,25+,27-,29+/m1/s1. The van der Waals surface area contributed by atoms with E-state index in [4.69, 9.17) is 30.5 Å². The van der Waals surface area contributed by atoms with Gasteiger partial charge >= 0.3 is 6.09 Å². The van der Waals surface area contributed by atoms with Crippen LogP contribution in [0.25, 0.3) is 0 Å². The van der Waals surface area contributed by atoms with Crippen LogP contribution in [0.1, 0.15) is 40.5 Å². The first kappa shape index (κ1) is 35.2. The number of Topliss-reactive ketones (excluding diaryl/α,β-unsaturated/α-hetero) is 1. The number of ketones is 1. The third-order valence-corrected chi connectivity index (χ3v) is 7.21. The summed E-state index contributed by atoms with van der Waals surface area (Å²) in [5.74, 6) is -1.60. The molecule has 2 bridgehead atoms. The molecule has 0 radical (unpaired) electrons. The summed E-state index contributed by atoms with van der Waals surface area (Å²) in [4.78, 5) is 43.6. The number of allylic oxidation sites excluding steroid dienone is 4. The zero-order chi connectivity index (χ0) is 32.3. The van der Waals surface area contributed by atoms with E-state index in [1.54, 1.807) is 32.1 Å². The van der Waals surface area contributed by atoms with Crippen LogP contribution in [0.15, 0.2) is 76.3 Å². The van der Waals surface area contributed by atoms with Gasteiger partial charge in [0.1, 0.15) is 18.4 Å². The SMILES string of the molecule is C=CCO/N=C1\C=C2NC(=O)/C(C)=C/C=C\[C@H](OC)[C@@H](OC(N)=O)/C(C)=C/[C@H](C)[C@@H](O)[C@@H](OC)C[C@H](C)CC(=C1N)C2=O. The summed E-state index contributed by atoms with van der Waals surface area (Å²) in [7, 11) is 2.94. The number of hydrogen-bond donors (Lipinski definition) is 4. The van der Waals surface area contributed by atoms with Gasteiger partial charge in [0.25, 0.3) is 5.91 Å². The van der Waals surface area contributed by atoms with Crippen molar-refractivity contribution in [1.82, 2.24) is 5.32 Å². The Labute approximate surface area is 252 Å². The Morgan fingerprint density at radius 1 is 1.23 bits per heavy atom. The first-order valence-electron chi connectivity index (χ1n) is 13.9. The lowest BCUT2D eigenvalue weighted by Gasteiger charge is -2.30. The maximum atomic E-state index is 13.5. The topological polar surface area (TPSA) is 185 Å². The minimum atomic E-state index is -0.995. The molecule has 0 saturated carbocycles. The fourth-order valence-corrected chi connectivity index (χ4v) is 4.85. The molecule has 1 aliphatic heterocycles. The van der Waals surface area contributed by atoms with Crippen molar-refractivity contribution in [2.24, 2.45) is 28.5 Å². The van der Waals surface area contributed by atoms with E-state index in [2.05, 4.69) is 17.1 Å². The molecule has 0 aromatic carbocycles. The van der Waals surface area contributed by atoms with Gasteiger partial charge in [0.05, 0.1) is 23.6 Å². The molecule has 0 unspecified atom stereocenters. The van der Waals surface area contributed by atoms with Crippen molar-refractivity contribution in [2.45, 2.75) is 65.0 Å². The molecule has 2 rings (SSSR count). The van der Waals surface area contributed by atoms with Gasteiger partial charge in [-0.3, -0.25) is 9.59 Å². The molecule has 0 saturated heterocycles. The number of carbonyl (C=O) groups excluding carboxylic acids is 3. The number of methoxy groups -OCH3 is 2. The third-order valence-electron chi connectivity index (χ3n) is 7.21. The second kappa shape index (κ2) is 16.6. The summed E-state index contributed by atoms with van der Waals surface area (Å²) < 4.78 is 16.6. The predicted octanol–water partition coefficient (Wildman–Crippen LogP) is 2.71. The average molecular weight is 601 g/mol. The average Bonchev–Trinajstić information content (AvgIpc) is 2.96. The molecule has 0 aromatic heterocycles. The van der Waals surface area contributed by atoms with Crippen molar-refractivity contribution in [3.8, 4) is 0 Å². The van der Waals surface area contributed by atoms with Crippen molar-refractivity contribution in [2.75, 3.05) is 20.8 Å². The second-order valence-corrected chi connectivity index (χ2v) is 10.7. The van der Waals surface area contributed by atoms with Crippen LogP contribution in [0.2, 0.25) is 0 Å². The lowest BCUT2D eigenvalue weighted by molar-refractivity contribution is -0.119. The molecule has 1 aliphatic carbocycles. The number of nitrogens with zero attached hydrogens (tertiary/aromatic N) is 1. The highest BCUT2D eigenvalue weighted by atomic mass is 16.6. The predicted molar refractivity (Wildman–Crippen MR) is 162 cm³/mol. The maximum absolute atomic E-state index is 13.5. The quantitative estimate of drug-likeness (QED) is 0.154. The van der Waals surface area contributed by atoms with Crippen LogP contribution in [0.5, 0.6) is 0 Å². The molecule has 6 atom stereocenters. The fraction of sp³-hybridized carbons (Fsp3) is 0.484. The van der Waals surface area contributed by atoms with Gasteiger partial charge in [0, 0.05) is 31.3 Å². The number of aliphatic hydroxyl groups is 1. The number of rotatable bonds is 6. The number of ether oxygens (including phenoxy) is 3. The first-order chi connectivity index (χ1) is 20.3. The van der Waals surface area contributed by atoms with Crippen molar-refractivity contribution in [1.29, 1.82) is 0 Å². The van der Waals surface area contributed by atoms with Crippen molar-refractivity contribution >= 4 is 23.5 Å². The second-order valence-electron chi connectivity index (χ2n) is 10.7. The number of nitrogens with one attached hydrogen (secondary N) is 1. The molecule has 12 nitrogen and oxygen atoms in total. The van der Waals surface area contributed by atoms with E-state index < -0.39 is 48.1 Å². The van der Waals surface area contributed by atoms with Crippen LogP contribution in [-0.2, 0) is 28.6 Å². The fourth-order valence-electron chi connectivity index (χ4n) is 4.85. The van der Waals surface area contributed by atoms with E-state index in [9.17, 15) is 19.5 Å². The number of carbonyl (C=O) groups is 3. The number of amides is 2. The van der Waals surface area contributed by atoms with E-state index in [1.165, 1.54) is 32.4 Å². The molecular weight excluding hydrogens is 556 g/mol. The van der Waals surface area contributed by atoms with Crippen LogP contribution in [0.3, 0.4) is 0 Å². The Morgan fingerprint density at radius 3 is 2.53 bits per heavy atom. The molecule has 0 spiro atoms. The van der Waals surface area contributed by atoms with Crippen LogP contribution in [0, 0.1) is 11.8 Å². The molecule has 6 N–H and O–H groups in total. The smallest absolute Gasteiger partial charge is 0.405 e. The minimum absolute atomic E-state index is 0.0153. The van der Waals surface area contributed by atoms with Gasteiger partial charge in [0.2, 0.25) is 5.78 Å². The molecule has 1 heterocycles. The van der Waals surface area contributed by atoms with Crippen LogP contribution < -0.4 is 16.8 Å². The molecule has 2 aliphatic rings. The monoisotopic (exact) mass is 600 g/mol. The summed E-state index contributed by atoms with van der Waals surface area (Å²) in [5.41, 5.74) is 13.1. The summed E-state index contributed by atoms with van der Waals surface area (Å²) in [6.07, 6.45) is 5.69. The van der Waals surface area contributed by atoms with E-state index in [0.717, 1.165) is 0 Å². The maximum Gasteiger partial charge on any atom is 0.405 e. The molecule has 43 heavy (non-hydrogen) atoms. The van der Waals surface area contributed by atoms with Crippen molar-refractivity contribution in [3.05, 3.63) is 71.1 Å². The number of oxime groups is 1. The number of nitrogens with two attached hydrogens (primary N) is 2. The van der Waals surface area contributed by atoms with Crippen molar-refractivity contribution < 1.29 is 38.5 Å². The zero-order valence-corrected chi connectivity index (χ0v) is 25.7. The highest BCUT2D eigenvalue weighted by Crippen LogP contribution is 2.28. The lowest BCUT2D eigenvalue weighted by atomic mass is 9.85. The Hall–Kier alpha value is -4.00. The highest BCUT2D eigenvalue weighted by Gasteiger charge is 2.32. The number of hydrogen-bond acceptors (Lipinski definition) is 10. The van der Waals surface area contributed by atoms with Crippen LogP contribution in [0.4, 0.5) is 4.79 Å². The van der Waals surface area contributed by atoms with Gasteiger partial charge in [-0.25, -0.2) is 4.79 Å². The number of aliphatic hydroxyl groups excluding tert-OH is 1. The Kier molecular flexibility index (Phi) is 13.6. The molecule has 12 heteroatoms. The number of fused-ring (bicyclic) bond motifs is 2. The summed E-state index contributed by atoms with van der Waals surface area (Å²) in [5, 5.41) is 17.9. The van der Waals surface area contributed by atoms with Gasteiger partial charge < -0.3 is 40.9 Å². The molecule has 2 amide bonds. The first-order valence-corrected chi connectivity index (χ1v) is 13.9. The number of primary amides is 1. The van der Waals surface area contributed by atoms with Gasteiger partial charge in [-0.15, -0.1) is 0 Å². The highest BCUT2D eigenvalue weighted by molar-refractivity contribution is 6.25.